The van der Waals surface area contributed by atoms with Crippen LogP contribution in [0.2, 0.25) is 5.28 Å². The molecule has 0 aliphatic heterocycles. The summed E-state index contributed by atoms with van der Waals surface area (Å²) < 4.78 is 27.4. The van der Waals surface area contributed by atoms with Crippen molar-refractivity contribution in [2.24, 2.45) is 0 Å². The van der Waals surface area contributed by atoms with Crippen LogP contribution in [0.5, 0.6) is 0 Å². The van der Waals surface area contributed by atoms with Gasteiger partial charge in [0.25, 0.3) is 0 Å². The van der Waals surface area contributed by atoms with Crippen molar-refractivity contribution in [3.05, 3.63) is 46.4 Å². The molecule has 17 heavy (non-hydrogen) atoms. The highest BCUT2D eigenvalue weighted by molar-refractivity contribution is 6.28. The summed E-state index contributed by atoms with van der Waals surface area (Å²) >= 11 is 5.59. The predicted molar refractivity (Wildman–Crippen MR) is 61.9 cm³/mol. The van der Waals surface area contributed by atoms with Crippen molar-refractivity contribution in [1.82, 2.24) is 9.97 Å². The minimum atomic E-state index is -0.694. The molecule has 0 spiro atoms. The Hall–Kier alpha value is -1.55. The highest BCUT2D eigenvalue weighted by atomic mass is 35.5. The third-order valence-corrected chi connectivity index (χ3v) is 2.57. The smallest absolute Gasteiger partial charge is 0.223 e. The van der Waals surface area contributed by atoms with E-state index in [4.69, 9.17) is 11.6 Å². The molecule has 0 atom stereocenters. The first-order chi connectivity index (χ1) is 7.99. The van der Waals surface area contributed by atoms with Crippen LogP contribution in [0.3, 0.4) is 0 Å². The molecule has 1 aromatic carbocycles. The van der Waals surface area contributed by atoms with Crippen LogP contribution in [-0.4, -0.2) is 9.97 Å². The van der Waals surface area contributed by atoms with E-state index in [-0.39, 0.29) is 16.5 Å². The molecule has 0 aliphatic rings. The molecule has 0 aliphatic carbocycles. The van der Waals surface area contributed by atoms with E-state index < -0.39 is 11.6 Å². The molecular weight excluding hydrogens is 246 g/mol. The number of benzene rings is 1. The van der Waals surface area contributed by atoms with Gasteiger partial charge in [-0.05, 0) is 42.6 Å². The summed E-state index contributed by atoms with van der Waals surface area (Å²) in [6.07, 6.45) is 0.934. The normalized spacial score (nSPS) is 10.6. The molecule has 5 heteroatoms. The molecule has 1 heterocycles. The minimum Gasteiger partial charge on any atom is -0.223 e. The Balaban J connectivity index is 2.72. The van der Waals surface area contributed by atoms with Gasteiger partial charge >= 0.3 is 0 Å². The van der Waals surface area contributed by atoms with E-state index in [1.807, 2.05) is 0 Å². The van der Waals surface area contributed by atoms with Crippen molar-refractivity contribution in [2.75, 3.05) is 0 Å². The van der Waals surface area contributed by atoms with Gasteiger partial charge < -0.3 is 0 Å². The molecule has 0 amide bonds. The van der Waals surface area contributed by atoms with Crippen molar-refractivity contribution in [3.8, 4) is 11.3 Å². The SMILES string of the molecule is Cc1cc(C)c(-c2nc(Cl)ncc2F)c(F)c1. The number of hydrogen-bond acceptors (Lipinski definition) is 2. The molecule has 0 bridgehead atoms. The maximum atomic E-state index is 13.8. The summed E-state index contributed by atoms with van der Waals surface area (Å²) in [5, 5.41) is -0.110. The zero-order chi connectivity index (χ0) is 12.6. The maximum Gasteiger partial charge on any atom is 0.223 e. The van der Waals surface area contributed by atoms with Crippen LogP contribution < -0.4 is 0 Å². The highest BCUT2D eigenvalue weighted by Crippen LogP contribution is 2.28. The van der Waals surface area contributed by atoms with Gasteiger partial charge in [0.2, 0.25) is 5.28 Å². The second kappa shape index (κ2) is 4.37. The van der Waals surface area contributed by atoms with E-state index >= 15 is 0 Å². The zero-order valence-electron chi connectivity index (χ0n) is 9.26. The van der Waals surface area contributed by atoms with Gasteiger partial charge in [0.15, 0.2) is 5.82 Å². The van der Waals surface area contributed by atoms with E-state index in [0.29, 0.717) is 5.56 Å². The number of aromatic nitrogens is 2. The largest absolute Gasteiger partial charge is 0.223 e. The van der Waals surface area contributed by atoms with Gasteiger partial charge in [-0.3, -0.25) is 0 Å². The van der Waals surface area contributed by atoms with Crippen molar-refractivity contribution in [3.63, 3.8) is 0 Å². The Morgan fingerprint density at radius 2 is 1.82 bits per heavy atom. The monoisotopic (exact) mass is 254 g/mol. The molecule has 0 N–H and O–H groups in total. The lowest BCUT2D eigenvalue weighted by atomic mass is 10.0. The highest BCUT2D eigenvalue weighted by Gasteiger charge is 2.16. The van der Waals surface area contributed by atoms with Crippen LogP contribution in [0.4, 0.5) is 8.78 Å². The van der Waals surface area contributed by atoms with Crippen molar-refractivity contribution in [2.45, 2.75) is 13.8 Å². The fraction of sp³-hybridized carbons (Fsp3) is 0.167. The fourth-order valence-electron chi connectivity index (χ4n) is 1.74. The van der Waals surface area contributed by atoms with Crippen LogP contribution in [0.25, 0.3) is 11.3 Å². The summed E-state index contributed by atoms with van der Waals surface area (Å²) in [5.74, 6) is -1.21. The van der Waals surface area contributed by atoms with Gasteiger partial charge in [0.1, 0.15) is 11.5 Å². The average molecular weight is 255 g/mol. The third-order valence-electron chi connectivity index (χ3n) is 2.38. The van der Waals surface area contributed by atoms with Crippen LogP contribution in [0.15, 0.2) is 18.3 Å². The van der Waals surface area contributed by atoms with Crippen LogP contribution in [0.1, 0.15) is 11.1 Å². The van der Waals surface area contributed by atoms with Gasteiger partial charge in [-0.1, -0.05) is 6.07 Å². The fourth-order valence-corrected chi connectivity index (χ4v) is 1.87. The number of halogens is 3. The summed E-state index contributed by atoms with van der Waals surface area (Å²) in [6, 6.07) is 3.09. The number of nitrogens with zero attached hydrogens (tertiary/aromatic N) is 2. The first kappa shape index (κ1) is 11.9. The molecule has 0 unspecified atom stereocenters. The first-order valence-corrected chi connectivity index (χ1v) is 5.32. The molecule has 0 fully saturated rings. The maximum absolute atomic E-state index is 13.8. The van der Waals surface area contributed by atoms with Gasteiger partial charge in [-0.2, -0.15) is 0 Å². The molecule has 2 aromatic rings. The lowest BCUT2D eigenvalue weighted by molar-refractivity contribution is 0.605. The van der Waals surface area contributed by atoms with E-state index in [1.54, 1.807) is 19.9 Å². The molecule has 2 rings (SSSR count). The predicted octanol–water partition coefficient (Wildman–Crippen LogP) is 3.69. The molecule has 0 saturated heterocycles. The Morgan fingerprint density at radius 3 is 2.47 bits per heavy atom. The lowest BCUT2D eigenvalue weighted by Gasteiger charge is -2.09. The van der Waals surface area contributed by atoms with E-state index in [1.165, 1.54) is 6.07 Å². The summed E-state index contributed by atoms with van der Waals surface area (Å²) in [6.45, 7) is 3.46. The number of aryl methyl sites for hydroxylation is 2. The first-order valence-electron chi connectivity index (χ1n) is 4.94. The Morgan fingerprint density at radius 1 is 1.12 bits per heavy atom. The van der Waals surface area contributed by atoms with Crippen molar-refractivity contribution < 1.29 is 8.78 Å². The Labute approximate surface area is 102 Å². The second-order valence-electron chi connectivity index (χ2n) is 3.77. The second-order valence-corrected chi connectivity index (χ2v) is 4.11. The van der Waals surface area contributed by atoms with Crippen LogP contribution in [-0.2, 0) is 0 Å². The van der Waals surface area contributed by atoms with Gasteiger partial charge in [0, 0.05) is 5.56 Å². The molecule has 0 radical (unpaired) electrons. The molecular formula is C12H9ClF2N2. The van der Waals surface area contributed by atoms with Gasteiger partial charge in [-0.15, -0.1) is 0 Å². The molecule has 2 nitrogen and oxygen atoms in total. The van der Waals surface area contributed by atoms with E-state index in [2.05, 4.69) is 9.97 Å². The Kier molecular flexibility index (Phi) is 3.07. The van der Waals surface area contributed by atoms with Crippen molar-refractivity contribution in [1.29, 1.82) is 0 Å². The standard InChI is InChI=1S/C12H9ClF2N2/c1-6-3-7(2)10(8(14)4-6)11-9(15)5-16-12(13)17-11/h3-5H,1-2H3. The minimum absolute atomic E-state index is 0.110. The zero-order valence-corrected chi connectivity index (χ0v) is 10.0. The summed E-state index contributed by atoms with van der Waals surface area (Å²) in [5.41, 5.74) is 1.39. The molecule has 88 valence electrons. The third kappa shape index (κ3) is 2.26. The Bertz CT molecular complexity index is 562. The lowest BCUT2D eigenvalue weighted by Crippen LogP contribution is -1.98. The summed E-state index contributed by atoms with van der Waals surface area (Å²) in [4.78, 5) is 7.23. The van der Waals surface area contributed by atoms with E-state index in [0.717, 1.165) is 11.8 Å². The van der Waals surface area contributed by atoms with Gasteiger partial charge in [-0.25, -0.2) is 18.7 Å². The van der Waals surface area contributed by atoms with E-state index in [9.17, 15) is 8.78 Å². The topological polar surface area (TPSA) is 25.8 Å². The average Bonchev–Trinajstić information content (AvgIpc) is 2.21. The quantitative estimate of drug-likeness (QED) is 0.726. The molecule has 1 aromatic heterocycles. The van der Waals surface area contributed by atoms with Crippen LogP contribution in [0, 0.1) is 25.5 Å². The number of hydrogen-bond donors (Lipinski definition) is 0. The number of rotatable bonds is 1. The van der Waals surface area contributed by atoms with Gasteiger partial charge in [0.05, 0.1) is 6.20 Å². The summed E-state index contributed by atoms with van der Waals surface area (Å²) in [7, 11) is 0. The molecule has 0 saturated carbocycles. The van der Waals surface area contributed by atoms with Crippen LogP contribution >= 0.6 is 11.6 Å². The van der Waals surface area contributed by atoms with Crippen molar-refractivity contribution >= 4 is 11.6 Å².